The smallest absolute Gasteiger partial charge is 0.166 e. The van der Waals surface area contributed by atoms with Gasteiger partial charge in [0.2, 0.25) is 0 Å². The number of aryl methyl sites for hydroxylation is 1. The summed E-state index contributed by atoms with van der Waals surface area (Å²) in [5.74, 6) is 0.412. The predicted molar refractivity (Wildman–Crippen MR) is 77.5 cm³/mol. The Morgan fingerprint density at radius 2 is 2.00 bits per heavy atom. The summed E-state index contributed by atoms with van der Waals surface area (Å²) in [6.07, 6.45) is 5.63. The van der Waals surface area contributed by atoms with Crippen molar-refractivity contribution in [2.24, 2.45) is 5.92 Å². The van der Waals surface area contributed by atoms with E-state index in [9.17, 15) is 4.79 Å². The molecule has 2 atom stereocenters. The van der Waals surface area contributed by atoms with Crippen molar-refractivity contribution in [1.82, 2.24) is 5.32 Å². The normalized spacial score (nSPS) is 28.7. The number of nitriles is 1. The molecule has 2 bridgehead atoms. The second-order valence-electron chi connectivity index (χ2n) is 6.17. The molecule has 0 aromatic heterocycles. The van der Waals surface area contributed by atoms with Gasteiger partial charge in [-0.05, 0) is 50.3 Å². The minimum absolute atomic E-state index is 0.152. The third kappa shape index (κ3) is 2.48. The van der Waals surface area contributed by atoms with Gasteiger partial charge < -0.3 is 5.32 Å². The zero-order chi connectivity index (χ0) is 14.1. The molecule has 0 saturated carbocycles. The molecule has 2 saturated heterocycles. The first kappa shape index (κ1) is 13.3. The van der Waals surface area contributed by atoms with Crippen LogP contribution >= 0.6 is 0 Å². The lowest BCUT2D eigenvalue weighted by Gasteiger charge is -2.39. The Kier molecular flexibility index (Phi) is 3.58. The number of nitrogens with one attached hydrogen (secondary N) is 1. The molecule has 20 heavy (non-hydrogen) atoms. The Labute approximate surface area is 120 Å². The van der Waals surface area contributed by atoms with Crippen LogP contribution in [0, 0.1) is 24.2 Å². The first-order valence-electron chi connectivity index (χ1n) is 7.48. The first-order valence-corrected chi connectivity index (χ1v) is 7.48. The van der Waals surface area contributed by atoms with Crippen LogP contribution in [0.15, 0.2) is 18.2 Å². The molecule has 3 nitrogen and oxygen atoms in total. The Morgan fingerprint density at radius 3 is 2.60 bits per heavy atom. The summed E-state index contributed by atoms with van der Waals surface area (Å²) in [5.41, 5.74) is 2.32. The average Bonchev–Trinajstić information content (AvgIpc) is 2.46. The van der Waals surface area contributed by atoms with E-state index in [2.05, 4.69) is 11.4 Å². The van der Waals surface area contributed by atoms with Crippen LogP contribution in [0.2, 0.25) is 0 Å². The number of benzene rings is 1. The van der Waals surface area contributed by atoms with Crippen LogP contribution in [0.5, 0.6) is 0 Å². The van der Waals surface area contributed by atoms with Crippen LogP contribution < -0.4 is 5.32 Å². The summed E-state index contributed by atoms with van der Waals surface area (Å²) in [4.78, 5) is 12.7. The highest BCUT2D eigenvalue weighted by atomic mass is 16.1. The molecule has 104 valence electrons. The zero-order valence-electron chi connectivity index (χ0n) is 11.9. The van der Waals surface area contributed by atoms with Crippen LogP contribution in [0.3, 0.4) is 0 Å². The lowest BCUT2D eigenvalue weighted by molar-refractivity contribution is 0.0825. The van der Waals surface area contributed by atoms with Crippen LogP contribution in [0.1, 0.15) is 53.6 Å². The van der Waals surface area contributed by atoms with Gasteiger partial charge in [0.05, 0.1) is 11.6 Å². The number of Topliss-reactive ketones (excluding diaryl/α,β-unsaturated/α-hetero) is 1. The van der Waals surface area contributed by atoms with Crippen LogP contribution in [-0.4, -0.2) is 17.9 Å². The SMILES string of the molecule is Cc1cc(C(=O)C2CC3CCCC(C2)N3)ccc1C#N. The van der Waals surface area contributed by atoms with Gasteiger partial charge in [-0.3, -0.25) is 4.79 Å². The monoisotopic (exact) mass is 268 g/mol. The van der Waals surface area contributed by atoms with E-state index in [1.807, 2.05) is 19.1 Å². The number of carbonyl (C=O) groups excluding carboxylic acids is 1. The van der Waals surface area contributed by atoms with Gasteiger partial charge in [0.15, 0.2) is 5.78 Å². The van der Waals surface area contributed by atoms with Gasteiger partial charge in [-0.15, -0.1) is 0 Å². The highest BCUT2D eigenvalue weighted by molar-refractivity contribution is 5.98. The first-order chi connectivity index (χ1) is 9.67. The lowest BCUT2D eigenvalue weighted by atomic mass is 9.77. The van der Waals surface area contributed by atoms with Crippen molar-refractivity contribution >= 4 is 5.78 Å². The van der Waals surface area contributed by atoms with Gasteiger partial charge >= 0.3 is 0 Å². The highest BCUT2D eigenvalue weighted by Crippen LogP contribution is 2.32. The molecule has 2 unspecified atom stereocenters. The fourth-order valence-corrected chi connectivity index (χ4v) is 3.66. The van der Waals surface area contributed by atoms with Crippen molar-refractivity contribution in [2.45, 2.75) is 51.1 Å². The predicted octanol–water partition coefficient (Wildman–Crippen LogP) is 2.97. The van der Waals surface area contributed by atoms with E-state index in [-0.39, 0.29) is 11.7 Å². The molecule has 3 heteroatoms. The second kappa shape index (κ2) is 5.38. The standard InChI is InChI=1S/C17H20N2O/c1-11-7-12(5-6-13(11)10-18)17(20)14-8-15-3-2-4-16(9-14)19-15/h5-7,14-16,19H,2-4,8-9H2,1H3. The van der Waals surface area contributed by atoms with Crippen LogP contribution in [0.4, 0.5) is 0 Å². The zero-order valence-corrected chi connectivity index (χ0v) is 11.9. The minimum Gasteiger partial charge on any atom is -0.311 e. The molecule has 0 amide bonds. The lowest BCUT2D eigenvalue weighted by Crippen LogP contribution is -2.50. The number of rotatable bonds is 2. The maximum atomic E-state index is 12.7. The van der Waals surface area contributed by atoms with Crippen molar-refractivity contribution in [1.29, 1.82) is 5.26 Å². The number of fused-ring (bicyclic) bond motifs is 2. The molecule has 1 aromatic carbocycles. The number of nitrogens with zero attached hydrogens (tertiary/aromatic N) is 1. The summed E-state index contributed by atoms with van der Waals surface area (Å²) < 4.78 is 0. The number of piperidine rings is 2. The second-order valence-corrected chi connectivity index (χ2v) is 6.17. The maximum absolute atomic E-state index is 12.7. The Hall–Kier alpha value is -1.66. The van der Waals surface area contributed by atoms with Crippen molar-refractivity contribution in [3.05, 3.63) is 34.9 Å². The van der Waals surface area contributed by atoms with Gasteiger partial charge in [-0.1, -0.05) is 12.5 Å². The molecule has 2 aliphatic rings. The van der Waals surface area contributed by atoms with Crippen molar-refractivity contribution in [2.75, 3.05) is 0 Å². The summed E-state index contributed by atoms with van der Waals surface area (Å²) in [6, 6.07) is 8.65. The molecular formula is C17H20N2O. The molecular weight excluding hydrogens is 248 g/mol. The van der Waals surface area contributed by atoms with Crippen molar-refractivity contribution in [3.63, 3.8) is 0 Å². The molecule has 1 aromatic rings. The summed E-state index contributed by atoms with van der Waals surface area (Å²) in [5, 5.41) is 12.6. The number of hydrogen-bond donors (Lipinski definition) is 1. The average molecular weight is 268 g/mol. The number of carbonyl (C=O) groups is 1. The van der Waals surface area contributed by atoms with E-state index in [1.54, 1.807) is 6.07 Å². The van der Waals surface area contributed by atoms with Crippen LogP contribution in [-0.2, 0) is 0 Å². The van der Waals surface area contributed by atoms with Gasteiger partial charge in [0, 0.05) is 23.6 Å². The number of ketones is 1. The number of hydrogen-bond acceptors (Lipinski definition) is 3. The Morgan fingerprint density at radius 1 is 1.30 bits per heavy atom. The van der Waals surface area contributed by atoms with Gasteiger partial charge in [-0.25, -0.2) is 0 Å². The van der Waals surface area contributed by atoms with Gasteiger partial charge in [0.25, 0.3) is 0 Å². The van der Waals surface area contributed by atoms with Gasteiger partial charge in [-0.2, -0.15) is 5.26 Å². The molecule has 3 rings (SSSR count). The third-order valence-electron chi connectivity index (χ3n) is 4.72. The van der Waals surface area contributed by atoms with E-state index in [0.29, 0.717) is 17.6 Å². The van der Waals surface area contributed by atoms with Crippen molar-refractivity contribution < 1.29 is 4.79 Å². The molecule has 0 aliphatic carbocycles. The summed E-state index contributed by atoms with van der Waals surface area (Å²) >= 11 is 0. The summed E-state index contributed by atoms with van der Waals surface area (Å²) in [7, 11) is 0. The van der Waals surface area contributed by atoms with E-state index >= 15 is 0 Å². The molecule has 2 aliphatic heterocycles. The molecule has 2 heterocycles. The fraction of sp³-hybridized carbons (Fsp3) is 0.529. The Bertz CT molecular complexity index is 561. The topological polar surface area (TPSA) is 52.9 Å². The minimum atomic E-state index is 0.152. The van der Waals surface area contributed by atoms with E-state index in [1.165, 1.54) is 19.3 Å². The van der Waals surface area contributed by atoms with E-state index < -0.39 is 0 Å². The highest BCUT2D eigenvalue weighted by Gasteiger charge is 2.34. The van der Waals surface area contributed by atoms with E-state index in [4.69, 9.17) is 5.26 Å². The quantitative estimate of drug-likeness (QED) is 0.839. The molecule has 0 spiro atoms. The summed E-state index contributed by atoms with van der Waals surface area (Å²) in [6.45, 7) is 1.90. The largest absolute Gasteiger partial charge is 0.311 e. The van der Waals surface area contributed by atoms with E-state index in [0.717, 1.165) is 24.0 Å². The van der Waals surface area contributed by atoms with Crippen LogP contribution in [0.25, 0.3) is 0 Å². The molecule has 2 fully saturated rings. The Balaban J connectivity index is 1.79. The molecule has 0 radical (unpaired) electrons. The maximum Gasteiger partial charge on any atom is 0.166 e. The van der Waals surface area contributed by atoms with Crippen molar-refractivity contribution in [3.8, 4) is 6.07 Å². The third-order valence-corrected chi connectivity index (χ3v) is 4.72. The van der Waals surface area contributed by atoms with Gasteiger partial charge in [0.1, 0.15) is 0 Å². The fourth-order valence-electron chi connectivity index (χ4n) is 3.66. The molecule has 1 N–H and O–H groups in total.